The van der Waals surface area contributed by atoms with E-state index in [0.29, 0.717) is 44.4 Å². The van der Waals surface area contributed by atoms with Gasteiger partial charge in [-0.15, -0.1) is 0 Å². The molecule has 8 aliphatic rings. The van der Waals surface area contributed by atoms with Crippen LogP contribution in [0.3, 0.4) is 0 Å². The SMILES string of the molecule is CCC1(OC(=O)COC23CC4CC(O)(C2)CC(OC(=O)C(C)(F)F)(C4)C3)C2CC3CC(C2)CC1C3. The summed E-state index contributed by atoms with van der Waals surface area (Å²) in [5, 5.41) is 11.2. The maximum atomic E-state index is 13.6. The van der Waals surface area contributed by atoms with Gasteiger partial charge in [0.05, 0.1) is 11.2 Å². The molecule has 6 nitrogen and oxygen atoms in total. The second-order valence-electron chi connectivity index (χ2n) is 13.3. The van der Waals surface area contributed by atoms with E-state index < -0.39 is 34.3 Å². The van der Waals surface area contributed by atoms with Crippen LogP contribution in [0, 0.1) is 29.6 Å². The summed E-state index contributed by atoms with van der Waals surface area (Å²) in [5.41, 5.74) is -3.60. The van der Waals surface area contributed by atoms with Gasteiger partial charge < -0.3 is 19.3 Å². The van der Waals surface area contributed by atoms with E-state index in [1.54, 1.807) is 0 Å². The Morgan fingerprint density at radius 3 is 2.06 bits per heavy atom. The summed E-state index contributed by atoms with van der Waals surface area (Å²) in [6, 6.07) is 0. The van der Waals surface area contributed by atoms with Gasteiger partial charge in [-0.3, -0.25) is 0 Å². The Morgan fingerprint density at radius 1 is 0.886 bits per heavy atom. The molecule has 0 amide bonds. The van der Waals surface area contributed by atoms with Crippen LogP contribution in [0.5, 0.6) is 0 Å². The maximum Gasteiger partial charge on any atom is 0.377 e. The Balaban J connectivity index is 1.15. The van der Waals surface area contributed by atoms with Crippen molar-refractivity contribution in [2.24, 2.45) is 29.6 Å². The maximum absolute atomic E-state index is 13.6. The van der Waals surface area contributed by atoms with Gasteiger partial charge in [0, 0.05) is 26.2 Å². The second kappa shape index (κ2) is 7.62. The summed E-state index contributed by atoms with van der Waals surface area (Å²) in [7, 11) is 0. The molecule has 4 atom stereocenters. The molecule has 35 heavy (non-hydrogen) atoms. The molecule has 0 aliphatic heterocycles. The minimum atomic E-state index is -3.60. The fourth-order valence-corrected chi connectivity index (χ4v) is 10.0. The number of carbonyl (C=O) groups is 2. The Bertz CT molecular complexity index is 888. The Kier molecular flexibility index (Phi) is 5.24. The van der Waals surface area contributed by atoms with Crippen molar-refractivity contribution in [3.05, 3.63) is 0 Å². The Morgan fingerprint density at radius 2 is 1.49 bits per heavy atom. The number of aliphatic hydroxyl groups is 1. The number of alkyl halides is 2. The van der Waals surface area contributed by atoms with Crippen molar-refractivity contribution in [2.45, 2.75) is 119 Å². The quantitative estimate of drug-likeness (QED) is 0.521. The second-order valence-corrected chi connectivity index (χ2v) is 13.3. The van der Waals surface area contributed by atoms with Crippen LogP contribution >= 0.6 is 0 Å². The van der Waals surface area contributed by atoms with E-state index in [9.17, 15) is 23.5 Å². The molecular formula is C27H38F2O6. The standard InChI is InChI=1S/C27H38F2O6/c1-3-27(19-5-16-4-17(7-19)8-20(27)6-16)34-21(30)12-33-25-10-18-9-24(32,13-25)14-26(11-18,15-25)35-22(31)23(2,28)29/h16-20,32H,3-15H2,1-2H3. The molecule has 4 unspecified atom stereocenters. The molecule has 1 N–H and O–H groups in total. The summed E-state index contributed by atoms with van der Waals surface area (Å²) in [4.78, 5) is 25.2. The lowest BCUT2D eigenvalue weighted by Crippen LogP contribution is -2.68. The highest BCUT2D eigenvalue weighted by Gasteiger charge is 2.66. The summed E-state index contributed by atoms with van der Waals surface area (Å²) in [5.74, 6) is -3.16. The van der Waals surface area contributed by atoms with E-state index in [0.717, 1.165) is 43.9 Å². The molecule has 0 heterocycles. The van der Waals surface area contributed by atoms with Crippen molar-refractivity contribution < 1.29 is 37.7 Å². The van der Waals surface area contributed by atoms with Gasteiger partial charge in [-0.1, -0.05) is 6.92 Å². The number of halogens is 2. The molecule has 0 aromatic heterocycles. The molecular weight excluding hydrogens is 458 g/mol. The topological polar surface area (TPSA) is 82.1 Å². The number of carbonyl (C=O) groups excluding carboxylic acids is 2. The number of rotatable bonds is 7. The zero-order valence-corrected chi connectivity index (χ0v) is 20.8. The number of ether oxygens (including phenoxy) is 3. The molecule has 0 saturated heterocycles. The molecule has 0 spiro atoms. The lowest BCUT2D eigenvalue weighted by atomic mass is 9.49. The molecule has 8 heteroatoms. The van der Waals surface area contributed by atoms with Crippen molar-refractivity contribution in [3.63, 3.8) is 0 Å². The minimum absolute atomic E-state index is 0.00282. The van der Waals surface area contributed by atoms with E-state index in [4.69, 9.17) is 14.2 Å². The molecule has 0 aromatic rings. The highest BCUT2D eigenvalue weighted by molar-refractivity contribution is 5.77. The molecule has 8 aliphatic carbocycles. The third kappa shape index (κ3) is 3.92. The fraction of sp³-hybridized carbons (Fsp3) is 0.926. The van der Waals surface area contributed by atoms with Crippen molar-refractivity contribution in [1.29, 1.82) is 0 Å². The van der Waals surface area contributed by atoms with Crippen LogP contribution in [0.1, 0.15) is 90.9 Å². The largest absolute Gasteiger partial charge is 0.457 e. The highest BCUT2D eigenvalue weighted by atomic mass is 19.3. The monoisotopic (exact) mass is 496 g/mol. The predicted molar refractivity (Wildman–Crippen MR) is 120 cm³/mol. The van der Waals surface area contributed by atoms with Gasteiger partial charge in [-0.2, -0.15) is 8.78 Å². The van der Waals surface area contributed by atoms with Gasteiger partial charge in [0.1, 0.15) is 17.8 Å². The number of hydrogen-bond acceptors (Lipinski definition) is 6. The molecule has 196 valence electrons. The minimum Gasteiger partial charge on any atom is -0.457 e. The molecule has 8 saturated carbocycles. The van der Waals surface area contributed by atoms with Gasteiger partial charge >= 0.3 is 17.9 Å². The van der Waals surface area contributed by atoms with E-state index in [2.05, 4.69) is 6.92 Å². The van der Waals surface area contributed by atoms with Crippen LogP contribution < -0.4 is 0 Å². The first-order valence-electron chi connectivity index (χ1n) is 13.5. The fourth-order valence-electron chi connectivity index (χ4n) is 10.0. The van der Waals surface area contributed by atoms with Gasteiger partial charge in [-0.25, -0.2) is 9.59 Å². The number of hydrogen-bond donors (Lipinski definition) is 1. The summed E-state index contributed by atoms with van der Waals surface area (Å²) in [6.45, 7) is 2.41. The summed E-state index contributed by atoms with van der Waals surface area (Å²) >= 11 is 0. The summed E-state index contributed by atoms with van der Waals surface area (Å²) in [6.07, 6.45) is 8.99. The van der Waals surface area contributed by atoms with Crippen LogP contribution in [0.15, 0.2) is 0 Å². The third-order valence-electron chi connectivity index (χ3n) is 10.5. The Hall–Kier alpha value is -1.28. The van der Waals surface area contributed by atoms with Gasteiger partial charge in [0.25, 0.3) is 0 Å². The molecule has 0 aromatic carbocycles. The first-order chi connectivity index (χ1) is 16.4. The number of esters is 2. The van der Waals surface area contributed by atoms with E-state index in [1.807, 2.05) is 0 Å². The molecule has 0 radical (unpaired) electrons. The van der Waals surface area contributed by atoms with E-state index >= 15 is 0 Å². The Labute approximate surface area is 205 Å². The van der Waals surface area contributed by atoms with Gasteiger partial charge in [-0.05, 0) is 87.4 Å². The first-order valence-corrected chi connectivity index (χ1v) is 13.5. The van der Waals surface area contributed by atoms with Gasteiger partial charge in [0.2, 0.25) is 0 Å². The first kappa shape index (κ1) is 24.1. The van der Waals surface area contributed by atoms with Crippen molar-refractivity contribution in [2.75, 3.05) is 6.61 Å². The van der Waals surface area contributed by atoms with Crippen molar-refractivity contribution >= 4 is 11.9 Å². The third-order valence-corrected chi connectivity index (χ3v) is 10.5. The zero-order valence-electron chi connectivity index (χ0n) is 20.8. The van der Waals surface area contributed by atoms with Crippen molar-refractivity contribution in [1.82, 2.24) is 0 Å². The van der Waals surface area contributed by atoms with E-state index in [1.165, 1.54) is 6.42 Å². The molecule has 8 bridgehead atoms. The highest BCUT2D eigenvalue weighted by Crippen LogP contribution is 2.63. The van der Waals surface area contributed by atoms with Crippen molar-refractivity contribution in [3.8, 4) is 0 Å². The van der Waals surface area contributed by atoms with Crippen LogP contribution in [0.2, 0.25) is 0 Å². The predicted octanol–water partition coefficient (Wildman–Crippen LogP) is 4.56. The van der Waals surface area contributed by atoms with E-state index in [-0.39, 0.29) is 31.3 Å². The average Bonchev–Trinajstić information content (AvgIpc) is 2.72. The van der Waals surface area contributed by atoms with Gasteiger partial charge in [0.15, 0.2) is 0 Å². The van der Waals surface area contributed by atoms with Crippen LogP contribution in [0.4, 0.5) is 8.78 Å². The normalized spacial score (nSPS) is 49.3. The summed E-state index contributed by atoms with van der Waals surface area (Å²) < 4.78 is 45.2. The average molecular weight is 497 g/mol. The zero-order chi connectivity index (χ0) is 24.9. The van der Waals surface area contributed by atoms with Crippen LogP contribution in [0.25, 0.3) is 0 Å². The molecule has 8 fully saturated rings. The molecule has 8 rings (SSSR count). The lowest BCUT2D eigenvalue weighted by molar-refractivity contribution is -0.280. The van der Waals surface area contributed by atoms with Crippen LogP contribution in [-0.2, 0) is 23.8 Å². The van der Waals surface area contributed by atoms with Crippen LogP contribution in [-0.4, -0.2) is 52.0 Å². The lowest BCUT2D eigenvalue weighted by Gasteiger charge is -2.63. The smallest absolute Gasteiger partial charge is 0.377 e.